The number of nitrogens with one attached hydrogen (secondary N) is 5. The summed E-state index contributed by atoms with van der Waals surface area (Å²) in [4.78, 5) is 20.1. The van der Waals surface area contributed by atoms with E-state index in [1.807, 2.05) is 0 Å². The molecule has 10 nitrogen and oxygen atoms in total. The molecule has 0 radical (unpaired) electrons. The van der Waals surface area contributed by atoms with E-state index in [1.165, 1.54) is 31.4 Å². The van der Waals surface area contributed by atoms with E-state index in [1.54, 1.807) is 0 Å². The molecule has 4 saturated heterocycles. The summed E-state index contributed by atoms with van der Waals surface area (Å²) in [5, 5.41) is 20.3. The number of hydrazine groups is 1. The molecule has 4 aliphatic heterocycles. The first-order valence-electron chi connectivity index (χ1n) is 13.4. The number of benzene rings is 1. The van der Waals surface area contributed by atoms with Crippen molar-refractivity contribution in [3.05, 3.63) is 24.3 Å². The lowest BCUT2D eigenvalue weighted by Gasteiger charge is -2.48. The van der Waals surface area contributed by atoms with Crippen molar-refractivity contribution in [2.24, 2.45) is 5.92 Å². The van der Waals surface area contributed by atoms with E-state index in [2.05, 4.69) is 65.8 Å². The van der Waals surface area contributed by atoms with Crippen molar-refractivity contribution in [1.29, 1.82) is 0 Å². The lowest BCUT2D eigenvalue weighted by molar-refractivity contribution is -0.132. The Hall–Kier alpha value is -1.95. The number of anilines is 2. The van der Waals surface area contributed by atoms with Gasteiger partial charge in [-0.25, -0.2) is 5.43 Å². The number of fused-ring (bicyclic) bond motifs is 1. The number of β-amino-alcohol motifs (C(OH)–C–C–N with tert-alkyl or cyclic N) is 1. The maximum atomic E-state index is 12.8. The average Bonchev–Trinajstić information content (AvgIpc) is 3.28. The second-order valence-electron chi connectivity index (χ2n) is 10.3. The van der Waals surface area contributed by atoms with Crippen LogP contribution < -0.4 is 31.7 Å². The van der Waals surface area contributed by atoms with Gasteiger partial charge in [0, 0.05) is 63.2 Å². The Labute approximate surface area is 208 Å². The van der Waals surface area contributed by atoms with E-state index in [9.17, 15) is 9.90 Å². The molecular weight excluding hydrogens is 444 g/mol. The average molecular weight is 487 g/mol. The minimum absolute atomic E-state index is 0.0155. The zero-order valence-electron chi connectivity index (χ0n) is 20.7. The monoisotopic (exact) mass is 486 g/mol. The fraction of sp³-hybridized carbons (Fsp3) is 0.720. The number of rotatable bonds is 6. The van der Waals surface area contributed by atoms with Gasteiger partial charge in [0.2, 0.25) is 5.91 Å². The SMILES string of the molecule is O=C1NNCC2NC(N3CCCCCC3)NC(Nc3ccc(N4CCCN(CCO)CC4)cc3)C12. The molecule has 6 N–H and O–H groups in total. The molecule has 1 amide bonds. The number of hydrogen-bond acceptors (Lipinski definition) is 9. The quantitative estimate of drug-likeness (QED) is 0.329. The molecule has 194 valence electrons. The number of aliphatic hydroxyl groups is 1. The number of amides is 1. The van der Waals surface area contributed by atoms with Crippen LogP contribution in [0, 0.1) is 5.92 Å². The standard InChI is InChI=1S/C25H42N8O2/c34-17-16-31-10-5-13-32(15-14-31)20-8-6-19(7-9-20)27-23-22-21(18-26-30-24(22)35)28-25(29-23)33-11-3-1-2-4-12-33/h6-9,21-23,25-29,34H,1-5,10-18H2,(H,30,35). The molecule has 35 heavy (non-hydrogen) atoms. The van der Waals surface area contributed by atoms with Gasteiger partial charge in [0.1, 0.15) is 6.29 Å². The minimum atomic E-state index is -0.206. The van der Waals surface area contributed by atoms with Crippen molar-refractivity contribution in [3.8, 4) is 0 Å². The molecule has 4 unspecified atom stereocenters. The second-order valence-corrected chi connectivity index (χ2v) is 10.3. The molecule has 4 heterocycles. The van der Waals surface area contributed by atoms with Crippen LogP contribution in [0.4, 0.5) is 11.4 Å². The zero-order chi connectivity index (χ0) is 24.0. The molecule has 1 aromatic rings. The molecule has 0 bridgehead atoms. The summed E-state index contributed by atoms with van der Waals surface area (Å²) < 4.78 is 0. The van der Waals surface area contributed by atoms with E-state index < -0.39 is 0 Å². The predicted octanol–water partition coefficient (Wildman–Crippen LogP) is -0.0994. The number of aliphatic hydroxyl groups excluding tert-OH is 1. The van der Waals surface area contributed by atoms with Crippen molar-refractivity contribution < 1.29 is 9.90 Å². The van der Waals surface area contributed by atoms with E-state index in [0.29, 0.717) is 6.54 Å². The number of likely N-dealkylation sites (tertiary alicyclic amines) is 1. The number of hydrogen-bond donors (Lipinski definition) is 6. The molecule has 0 aliphatic carbocycles. The largest absolute Gasteiger partial charge is 0.395 e. The fourth-order valence-corrected chi connectivity index (χ4v) is 5.95. The molecule has 0 aromatic heterocycles. The highest BCUT2D eigenvalue weighted by Gasteiger charge is 2.44. The van der Waals surface area contributed by atoms with Gasteiger partial charge in [-0.15, -0.1) is 0 Å². The van der Waals surface area contributed by atoms with Crippen molar-refractivity contribution in [3.63, 3.8) is 0 Å². The van der Waals surface area contributed by atoms with Gasteiger partial charge in [0.25, 0.3) is 0 Å². The Kier molecular flexibility index (Phi) is 8.38. The normalized spacial score (nSPS) is 31.2. The maximum absolute atomic E-state index is 12.8. The Morgan fingerprint density at radius 1 is 0.914 bits per heavy atom. The number of carbonyl (C=O) groups excluding carboxylic acids is 1. The maximum Gasteiger partial charge on any atom is 0.242 e. The molecule has 4 aliphatic rings. The lowest BCUT2D eigenvalue weighted by Crippen LogP contribution is -2.76. The van der Waals surface area contributed by atoms with Crippen molar-refractivity contribution >= 4 is 17.3 Å². The van der Waals surface area contributed by atoms with Gasteiger partial charge in [-0.3, -0.25) is 30.7 Å². The van der Waals surface area contributed by atoms with Crippen LogP contribution in [0.5, 0.6) is 0 Å². The van der Waals surface area contributed by atoms with Gasteiger partial charge in [-0.1, -0.05) is 12.8 Å². The van der Waals surface area contributed by atoms with Crippen LogP contribution in [0.25, 0.3) is 0 Å². The highest BCUT2D eigenvalue weighted by Crippen LogP contribution is 2.25. The molecule has 4 fully saturated rings. The molecule has 10 heteroatoms. The topological polar surface area (TPSA) is 107 Å². The predicted molar refractivity (Wildman–Crippen MR) is 138 cm³/mol. The van der Waals surface area contributed by atoms with Crippen LogP contribution in [0.3, 0.4) is 0 Å². The third kappa shape index (κ3) is 6.07. The summed E-state index contributed by atoms with van der Waals surface area (Å²) in [5.74, 6) is -0.191. The Bertz CT molecular complexity index is 816. The van der Waals surface area contributed by atoms with E-state index in [4.69, 9.17) is 0 Å². The van der Waals surface area contributed by atoms with E-state index in [0.717, 1.165) is 57.9 Å². The molecule has 5 rings (SSSR count). The van der Waals surface area contributed by atoms with Crippen molar-refractivity contribution in [2.75, 3.05) is 69.2 Å². The van der Waals surface area contributed by atoms with Crippen LogP contribution in [0.1, 0.15) is 32.1 Å². The van der Waals surface area contributed by atoms with Gasteiger partial charge in [-0.05, 0) is 50.1 Å². The van der Waals surface area contributed by atoms with E-state index in [-0.39, 0.29) is 36.9 Å². The van der Waals surface area contributed by atoms with Gasteiger partial charge in [0.05, 0.1) is 18.7 Å². The van der Waals surface area contributed by atoms with Gasteiger partial charge < -0.3 is 15.3 Å². The van der Waals surface area contributed by atoms with Crippen molar-refractivity contribution in [1.82, 2.24) is 31.3 Å². The third-order valence-electron chi connectivity index (χ3n) is 7.90. The first kappa shape index (κ1) is 24.7. The van der Waals surface area contributed by atoms with E-state index >= 15 is 0 Å². The van der Waals surface area contributed by atoms with Crippen LogP contribution in [0.2, 0.25) is 0 Å². The molecular formula is C25H42N8O2. The first-order valence-corrected chi connectivity index (χ1v) is 13.4. The summed E-state index contributed by atoms with van der Waals surface area (Å²) in [7, 11) is 0. The fourth-order valence-electron chi connectivity index (χ4n) is 5.95. The molecule has 4 atom stereocenters. The number of carbonyl (C=O) groups is 1. The summed E-state index contributed by atoms with van der Waals surface area (Å²) >= 11 is 0. The molecule has 0 spiro atoms. The van der Waals surface area contributed by atoms with Crippen LogP contribution in [-0.4, -0.2) is 98.3 Å². The van der Waals surface area contributed by atoms with Crippen molar-refractivity contribution in [2.45, 2.75) is 50.6 Å². The lowest BCUT2D eigenvalue weighted by atomic mass is 9.91. The first-order chi connectivity index (χ1) is 17.2. The van der Waals surface area contributed by atoms with Crippen LogP contribution >= 0.6 is 0 Å². The molecule has 0 saturated carbocycles. The summed E-state index contributed by atoms with van der Waals surface area (Å²) in [6.07, 6.45) is 6.03. The minimum Gasteiger partial charge on any atom is -0.395 e. The number of nitrogens with zero attached hydrogens (tertiary/aromatic N) is 3. The second kappa shape index (κ2) is 11.9. The Morgan fingerprint density at radius 3 is 2.49 bits per heavy atom. The Morgan fingerprint density at radius 2 is 1.71 bits per heavy atom. The summed E-state index contributed by atoms with van der Waals surface area (Å²) in [6, 6.07) is 8.68. The summed E-state index contributed by atoms with van der Waals surface area (Å²) in [6.45, 7) is 7.85. The van der Waals surface area contributed by atoms with Gasteiger partial charge in [-0.2, -0.15) is 0 Å². The third-order valence-corrected chi connectivity index (χ3v) is 7.90. The van der Waals surface area contributed by atoms with Gasteiger partial charge in [0.15, 0.2) is 0 Å². The van der Waals surface area contributed by atoms with Gasteiger partial charge >= 0.3 is 0 Å². The smallest absolute Gasteiger partial charge is 0.242 e. The van der Waals surface area contributed by atoms with Crippen LogP contribution in [-0.2, 0) is 4.79 Å². The highest BCUT2D eigenvalue weighted by atomic mass is 16.3. The molecule has 1 aromatic carbocycles. The Balaban J connectivity index is 1.25. The summed E-state index contributed by atoms with van der Waals surface area (Å²) in [5.41, 5.74) is 8.12. The zero-order valence-corrected chi connectivity index (χ0v) is 20.7. The highest BCUT2D eigenvalue weighted by molar-refractivity contribution is 5.81. The van der Waals surface area contributed by atoms with Crippen LogP contribution in [0.15, 0.2) is 24.3 Å².